The minimum Gasteiger partial charge on any atom is -0.393 e. The summed E-state index contributed by atoms with van der Waals surface area (Å²) in [5.41, 5.74) is -1.89. The highest BCUT2D eigenvalue weighted by molar-refractivity contribution is 5.23. The number of methoxy groups -OCH3 is 2. The van der Waals surface area contributed by atoms with Crippen LogP contribution in [0.15, 0.2) is 0 Å². The second-order valence-corrected chi connectivity index (χ2v) is 13.9. The molecule has 37 heavy (non-hydrogen) atoms. The molecule has 7 unspecified atom stereocenters. The summed E-state index contributed by atoms with van der Waals surface area (Å²) in [6.45, 7) is 14.0. The number of aliphatic hydroxyl groups is 3. The van der Waals surface area contributed by atoms with Crippen LogP contribution in [0.2, 0.25) is 0 Å². The van der Waals surface area contributed by atoms with E-state index in [1.54, 1.807) is 14.2 Å². The summed E-state index contributed by atoms with van der Waals surface area (Å²) in [6, 6.07) is 0. The average molecular weight is 523 g/mol. The minimum absolute atomic E-state index is 0.159. The lowest BCUT2D eigenvalue weighted by Crippen LogP contribution is -2.70. The normalized spacial score (nSPS) is 51.6. The number of fused-ring (bicyclic) bond motifs is 5. The molecule has 0 aromatic rings. The maximum atomic E-state index is 12.8. The third-order valence-corrected chi connectivity index (χ3v) is 13.3. The van der Waals surface area contributed by atoms with Crippen LogP contribution in [0.25, 0.3) is 0 Å². The molecule has 4 aliphatic rings. The van der Waals surface area contributed by atoms with Crippen molar-refractivity contribution in [3.8, 4) is 0 Å². The molecule has 4 aliphatic carbocycles. The van der Waals surface area contributed by atoms with Gasteiger partial charge in [0.25, 0.3) is 0 Å². The van der Waals surface area contributed by atoms with Gasteiger partial charge in [-0.25, -0.2) is 0 Å². The van der Waals surface area contributed by atoms with Crippen molar-refractivity contribution in [1.29, 1.82) is 0 Å². The highest BCUT2D eigenvalue weighted by atomic mass is 16.7. The summed E-state index contributed by atoms with van der Waals surface area (Å²) in [5.74, 6) is 2.74. The van der Waals surface area contributed by atoms with Crippen molar-refractivity contribution in [2.24, 2.45) is 52.3 Å². The van der Waals surface area contributed by atoms with Gasteiger partial charge in [-0.15, -0.1) is 0 Å². The highest BCUT2D eigenvalue weighted by Gasteiger charge is 2.74. The molecule has 0 bridgehead atoms. The van der Waals surface area contributed by atoms with Gasteiger partial charge in [0.05, 0.1) is 17.3 Å². The van der Waals surface area contributed by atoms with Crippen molar-refractivity contribution >= 4 is 0 Å². The van der Waals surface area contributed by atoms with Crippen LogP contribution in [0.3, 0.4) is 0 Å². The fourth-order valence-electron chi connectivity index (χ4n) is 11.7. The first-order chi connectivity index (χ1) is 17.5. The van der Waals surface area contributed by atoms with Crippen molar-refractivity contribution in [3.05, 3.63) is 0 Å². The van der Waals surface area contributed by atoms with Gasteiger partial charge in [-0.05, 0) is 84.4 Å². The van der Waals surface area contributed by atoms with Crippen molar-refractivity contribution in [3.63, 3.8) is 0 Å². The van der Waals surface area contributed by atoms with Crippen LogP contribution in [-0.4, -0.2) is 53.1 Å². The lowest BCUT2D eigenvalue weighted by Gasteiger charge is -2.69. The first-order valence-electron chi connectivity index (χ1n) is 15.7. The van der Waals surface area contributed by atoms with Gasteiger partial charge in [-0.2, -0.15) is 0 Å². The maximum Gasteiger partial charge on any atom is 0.156 e. The molecular weight excluding hydrogens is 464 g/mol. The lowest BCUT2D eigenvalue weighted by atomic mass is 9.37. The lowest BCUT2D eigenvalue weighted by molar-refractivity contribution is -0.276. The number of rotatable bonds is 9. The Bertz CT molecular complexity index is 785. The summed E-state index contributed by atoms with van der Waals surface area (Å²) in [7, 11) is 3.38. The molecule has 3 N–H and O–H groups in total. The third-order valence-electron chi connectivity index (χ3n) is 13.3. The number of ether oxygens (including phenoxy) is 2. The van der Waals surface area contributed by atoms with E-state index >= 15 is 0 Å². The summed E-state index contributed by atoms with van der Waals surface area (Å²) in [4.78, 5) is 0. The monoisotopic (exact) mass is 522 g/mol. The molecule has 4 fully saturated rings. The van der Waals surface area contributed by atoms with Crippen molar-refractivity contribution in [2.75, 3.05) is 14.2 Å². The molecule has 216 valence electrons. The Morgan fingerprint density at radius 2 is 1.41 bits per heavy atom. The van der Waals surface area contributed by atoms with Gasteiger partial charge < -0.3 is 24.8 Å². The van der Waals surface area contributed by atoms with Crippen LogP contribution in [0, 0.1) is 52.3 Å². The zero-order valence-electron chi connectivity index (χ0n) is 25.1. The highest BCUT2D eigenvalue weighted by Crippen LogP contribution is 2.75. The summed E-state index contributed by atoms with van der Waals surface area (Å²) in [6.07, 6.45) is 9.12. The molecular formula is C32H58O5. The van der Waals surface area contributed by atoms with Gasteiger partial charge in [0.2, 0.25) is 0 Å². The predicted octanol–water partition coefficient (Wildman–Crippen LogP) is 6.18. The average Bonchev–Trinajstić information content (AvgIpc) is 3.07. The van der Waals surface area contributed by atoms with E-state index in [0.717, 1.165) is 51.4 Å². The van der Waals surface area contributed by atoms with E-state index in [1.165, 1.54) is 0 Å². The van der Waals surface area contributed by atoms with Gasteiger partial charge >= 0.3 is 0 Å². The molecule has 0 amide bonds. The first kappa shape index (κ1) is 29.8. The summed E-state index contributed by atoms with van der Waals surface area (Å²) in [5, 5.41) is 36.1. The minimum atomic E-state index is -0.806. The molecule has 0 saturated heterocycles. The maximum absolute atomic E-state index is 12.8. The smallest absolute Gasteiger partial charge is 0.156 e. The first-order valence-corrected chi connectivity index (χ1v) is 15.7. The Morgan fingerprint density at radius 3 is 1.95 bits per heavy atom. The van der Waals surface area contributed by atoms with Crippen LogP contribution in [0.5, 0.6) is 0 Å². The van der Waals surface area contributed by atoms with Crippen LogP contribution in [0.1, 0.15) is 112 Å². The number of hydrogen-bond donors (Lipinski definition) is 3. The second kappa shape index (κ2) is 10.7. The Balaban J connectivity index is 1.82. The van der Waals surface area contributed by atoms with Gasteiger partial charge in [-0.1, -0.05) is 67.2 Å². The van der Waals surface area contributed by atoms with Gasteiger partial charge in [0.15, 0.2) is 6.29 Å². The summed E-state index contributed by atoms with van der Waals surface area (Å²) < 4.78 is 11.1. The Hall–Kier alpha value is -0.200. The molecule has 0 heterocycles. The zero-order valence-corrected chi connectivity index (χ0v) is 25.1. The van der Waals surface area contributed by atoms with Crippen LogP contribution in [-0.2, 0) is 9.47 Å². The molecule has 5 heteroatoms. The Labute approximate surface area is 227 Å². The molecule has 0 radical (unpaired) electrons. The SMILES string of the molecule is CCC1C(CC)C2(O)CC(O)CC[C@]2(C)[C@@H]2CC[C@@]3(C)[C@@H](C(CC)C(CC)C3(O)CCC(OC)OC)[C@H]12. The molecule has 4 rings (SSSR count). The van der Waals surface area contributed by atoms with E-state index in [0.29, 0.717) is 48.9 Å². The van der Waals surface area contributed by atoms with E-state index in [1.807, 2.05) is 0 Å². The Morgan fingerprint density at radius 1 is 0.811 bits per heavy atom. The number of aliphatic hydroxyl groups excluding tert-OH is 1. The van der Waals surface area contributed by atoms with Gasteiger partial charge in [0.1, 0.15) is 0 Å². The van der Waals surface area contributed by atoms with E-state index in [2.05, 4.69) is 41.5 Å². The topological polar surface area (TPSA) is 79.2 Å². The third kappa shape index (κ3) is 4.03. The predicted molar refractivity (Wildman–Crippen MR) is 148 cm³/mol. The fourth-order valence-corrected chi connectivity index (χ4v) is 11.7. The summed E-state index contributed by atoms with van der Waals surface area (Å²) >= 11 is 0. The largest absolute Gasteiger partial charge is 0.393 e. The van der Waals surface area contributed by atoms with Gasteiger partial charge in [-0.3, -0.25) is 0 Å². The van der Waals surface area contributed by atoms with Gasteiger partial charge in [0, 0.05) is 27.1 Å². The van der Waals surface area contributed by atoms with E-state index in [-0.39, 0.29) is 29.0 Å². The molecule has 0 aromatic heterocycles. The second-order valence-electron chi connectivity index (χ2n) is 13.9. The molecule has 4 saturated carbocycles. The van der Waals surface area contributed by atoms with Crippen LogP contribution in [0.4, 0.5) is 0 Å². The quantitative estimate of drug-likeness (QED) is 0.315. The molecule has 0 spiro atoms. The van der Waals surface area contributed by atoms with Crippen LogP contribution >= 0.6 is 0 Å². The van der Waals surface area contributed by atoms with Crippen molar-refractivity contribution in [1.82, 2.24) is 0 Å². The Kier molecular flexibility index (Phi) is 8.57. The van der Waals surface area contributed by atoms with Crippen molar-refractivity contribution in [2.45, 2.75) is 136 Å². The van der Waals surface area contributed by atoms with E-state index in [9.17, 15) is 15.3 Å². The molecule has 0 aliphatic heterocycles. The van der Waals surface area contributed by atoms with Crippen LogP contribution < -0.4 is 0 Å². The standard InChI is InChI=1S/C32H58O5/c1-9-21-23(11-3)32(35)19-20(33)13-16-29(32,5)25-14-17-30(6)28(27(21)25)22(10-2)24(12-4)31(30,34)18-15-26(36-7)37-8/h20-28,33-35H,9-19H2,1-8H3/t20?,21?,22?,23?,24?,25-,27-,28+,29-,30+,31?,32?/m1/s1. The van der Waals surface area contributed by atoms with E-state index in [4.69, 9.17) is 9.47 Å². The fraction of sp³-hybridized carbons (Fsp3) is 1.00. The molecule has 12 atom stereocenters. The number of hydrogen-bond acceptors (Lipinski definition) is 5. The molecule has 0 aromatic carbocycles. The molecule has 5 nitrogen and oxygen atoms in total. The van der Waals surface area contributed by atoms with E-state index < -0.39 is 17.3 Å². The zero-order chi connectivity index (χ0) is 27.4. The van der Waals surface area contributed by atoms with Crippen molar-refractivity contribution < 1.29 is 24.8 Å².